The highest BCUT2D eigenvalue weighted by atomic mass is 32.2. The normalized spacial score (nSPS) is 14.4. The van der Waals surface area contributed by atoms with E-state index in [0.717, 1.165) is 6.26 Å². The van der Waals surface area contributed by atoms with Gasteiger partial charge in [0.25, 0.3) is 0 Å². The van der Waals surface area contributed by atoms with Crippen LogP contribution in [0.4, 0.5) is 0 Å². The van der Waals surface area contributed by atoms with E-state index in [4.69, 9.17) is 0 Å². The average Bonchev–Trinajstić information content (AvgIpc) is 2.46. The summed E-state index contributed by atoms with van der Waals surface area (Å²) in [5.74, 6) is -1.44. The Hall–Kier alpha value is -1.73. The van der Waals surface area contributed by atoms with Crippen LogP contribution in [0.5, 0.6) is 0 Å². The van der Waals surface area contributed by atoms with Gasteiger partial charge in [-0.1, -0.05) is 44.2 Å². The summed E-state index contributed by atoms with van der Waals surface area (Å²) in [6.07, 6.45) is 0.959. The van der Waals surface area contributed by atoms with Crippen molar-refractivity contribution in [3.63, 3.8) is 0 Å². The van der Waals surface area contributed by atoms with Crippen LogP contribution in [0.25, 0.3) is 0 Å². The third-order valence-corrected chi connectivity index (χ3v) is 4.38. The van der Waals surface area contributed by atoms with Gasteiger partial charge in [-0.15, -0.1) is 0 Å². The van der Waals surface area contributed by atoms with Gasteiger partial charge >= 0.3 is 5.97 Å². The van der Waals surface area contributed by atoms with Crippen LogP contribution in [-0.2, 0) is 19.4 Å². The lowest BCUT2D eigenvalue weighted by Gasteiger charge is -2.24. The topological polar surface area (TPSA) is 89.5 Å². The predicted octanol–water partition coefficient (Wildman–Crippen LogP) is 1.03. The van der Waals surface area contributed by atoms with Crippen LogP contribution >= 0.6 is 0 Å². The summed E-state index contributed by atoms with van der Waals surface area (Å²) >= 11 is 0. The molecule has 1 N–H and O–H groups in total. The van der Waals surface area contributed by atoms with Crippen LogP contribution in [-0.4, -0.2) is 45.0 Å². The van der Waals surface area contributed by atoms with Crippen LogP contribution in [0.15, 0.2) is 30.3 Å². The molecule has 0 saturated carbocycles. The van der Waals surface area contributed by atoms with Crippen molar-refractivity contribution in [1.29, 1.82) is 0 Å². The fourth-order valence-corrected chi connectivity index (χ4v) is 2.89. The van der Waals surface area contributed by atoms with Gasteiger partial charge in [0.05, 0.1) is 7.11 Å². The van der Waals surface area contributed by atoms with Gasteiger partial charge in [-0.05, 0) is 5.92 Å². The van der Waals surface area contributed by atoms with E-state index in [-0.39, 0.29) is 11.5 Å². The molecule has 0 aliphatic rings. The van der Waals surface area contributed by atoms with Crippen molar-refractivity contribution in [2.45, 2.75) is 25.3 Å². The van der Waals surface area contributed by atoms with E-state index in [1.54, 1.807) is 32.0 Å². The van der Waals surface area contributed by atoms with Gasteiger partial charge in [-0.2, -0.15) is 0 Å². The second-order valence-electron chi connectivity index (χ2n) is 5.35. The Balaban J connectivity index is 3.15. The Labute approximate surface area is 130 Å². The number of benzene rings is 1. The molecule has 0 aliphatic carbocycles. The summed E-state index contributed by atoms with van der Waals surface area (Å²) in [7, 11) is -2.53. The maximum absolute atomic E-state index is 12.5. The highest BCUT2D eigenvalue weighted by molar-refractivity contribution is 7.92. The Morgan fingerprint density at radius 1 is 1.14 bits per heavy atom. The van der Waals surface area contributed by atoms with Gasteiger partial charge in [-0.3, -0.25) is 14.9 Å². The molecule has 0 amide bonds. The summed E-state index contributed by atoms with van der Waals surface area (Å²) in [4.78, 5) is 24.3. The minimum absolute atomic E-state index is 0.236. The summed E-state index contributed by atoms with van der Waals surface area (Å²) in [6.45, 7) is 3.47. The second-order valence-corrected chi connectivity index (χ2v) is 7.48. The molecule has 6 nitrogen and oxygen atoms in total. The molecule has 1 aromatic carbocycles. The molecule has 7 heteroatoms. The number of Topliss-reactive ketones (excluding diaryl/α,β-unsaturated/α-hetero) is 1. The molecule has 0 aliphatic heterocycles. The van der Waals surface area contributed by atoms with E-state index < -0.39 is 33.0 Å². The van der Waals surface area contributed by atoms with E-state index in [2.05, 4.69) is 10.1 Å². The molecule has 0 bridgehead atoms. The highest BCUT2D eigenvalue weighted by Gasteiger charge is 2.35. The van der Waals surface area contributed by atoms with E-state index >= 15 is 0 Å². The molecule has 0 fully saturated rings. The van der Waals surface area contributed by atoms with Crippen molar-refractivity contribution in [2.75, 3.05) is 13.4 Å². The highest BCUT2D eigenvalue weighted by Crippen LogP contribution is 2.12. The first-order chi connectivity index (χ1) is 10.2. The molecule has 1 aromatic rings. The third kappa shape index (κ3) is 4.64. The van der Waals surface area contributed by atoms with E-state index in [1.165, 1.54) is 19.2 Å². The zero-order valence-electron chi connectivity index (χ0n) is 13.1. The SMILES string of the molecule is COC(=O)C(NC(C(=O)c1ccccc1)S(C)(=O)=O)C(C)C. The Morgan fingerprint density at radius 3 is 2.09 bits per heavy atom. The smallest absolute Gasteiger partial charge is 0.323 e. The number of carbonyl (C=O) groups excluding carboxylic acids is 2. The minimum atomic E-state index is -3.75. The summed E-state index contributed by atoms with van der Waals surface area (Å²) < 4.78 is 28.6. The molecule has 0 spiro atoms. The van der Waals surface area contributed by atoms with Crippen molar-refractivity contribution in [1.82, 2.24) is 5.32 Å². The quantitative estimate of drug-likeness (QED) is 0.594. The predicted molar refractivity (Wildman–Crippen MR) is 83.2 cm³/mol. The summed E-state index contributed by atoms with van der Waals surface area (Å²) in [5.41, 5.74) is 0.262. The van der Waals surface area contributed by atoms with Gasteiger partial charge in [0.15, 0.2) is 21.0 Å². The molecule has 0 heterocycles. The standard InChI is InChI=1S/C15H21NO5S/c1-10(2)12(15(18)21-3)16-14(22(4,19)20)13(17)11-8-6-5-7-9-11/h5-10,12,14,16H,1-4H3. The van der Waals surface area contributed by atoms with E-state index in [1.807, 2.05) is 0 Å². The number of nitrogens with one attached hydrogen (secondary N) is 1. The molecular formula is C15H21NO5S. The van der Waals surface area contributed by atoms with Gasteiger partial charge in [0.2, 0.25) is 0 Å². The van der Waals surface area contributed by atoms with E-state index in [9.17, 15) is 18.0 Å². The monoisotopic (exact) mass is 327 g/mol. The lowest BCUT2D eigenvalue weighted by Crippen LogP contribution is -2.53. The van der Waals surface area contributed by atoms with Gasteiger partial charge in [0.1, 0.15) is 6.04 Å². The van der Waals surface area contributed by atoms with Gasteiger partial charge < -0.3 is 4.74 Å². The first kappa shape index (κ1) is 18.3. The average molecular weight is 327 g/mol. The molecule has 0 aromatic heterocycles. The molecule has 2 atom stereocenters. The largest absolute Gasteiger partial charge is 0.468 e. The molecule has 0 saturated heterocycles. The number of rotatable bonds is 7. The Morgan fingerprint density at radius 2 is 1.68 bits per heavy atom. The van der Waals surface area contributed by atoms with Crippen molar-refractivity contribution < 1.29 is 22.7 Å². The number of carbonyl (C=O) groups is 2. The molecule has 122 valence electrons. The number of hydrogen-bond donors (Lipinski definition) is 1. The maximum atomic E-state index is 12.5. The Bertz CT molecular complexity index is 625. The Kier molecular flexibility index (Phi) is 6.25. The van der Waals surface area contributed by atoms with Gasteiger partial charge in [0, 0.05) is 11.8 Å². The zero-order valence-corrected chi connectivity index (χ0v) is 13.9. The fourth-order valence-electron chi connectivity index (χ4n) is 1.97. The molecule has 22 heavy (non-hydrogen) atoms. The fraction of sp³-hybridized carbons (Fsp3) is 0.467. The molecule has 2 unspecified atom stereocenters. The van der Waals surface area contributed by atoms with Crippen LogP contribution < -0.4 is 5.32 Å². The minimum Gasteiger partial charge on any atom is -0.468 e. The van der Waals surface area contributed by atoms with Crippen molar-refractivity contribution >= 4 is 21.6 Å². The van der Waals surface area contributed by atoms with Gasteiger partial charge in [-0.25, -0.2) is 8.42 Å². The molecule has 0 radical (unpaired) electrons. The van der Waals surface area contributed by atoms with Crippen LogP contribution in [0.1, 0.15) is 24.2 Å². The summed E-state index contributed by atoms with van der Waals surface area (Å²) in [6, 6.07) is 7.19. The molecular weight excluding hydrogens is 306 g/mol. The van der Waals surface area contributed by atoms with Crippen LogP contribution in [0.3, 0.4) is 0 Å². The first-order valence-electron chi connectivity index (χ1n) is 6.80. The zero-order chi connectivity index (χ0) is 16.9. The maximum Gasteiger partial charge on any atom is 0.323 e. The van der Waals surface area contributed by atoms with Crippen molar-refractivity contribution in [3.05, 3.63) is 35.9 Å². The first-order valence-corrected chi connectivity index (χ1v) is 8.76. The number of methoxy groups -OCH3 is 1. The van der Waals surface area contributed by atoms with Crippen LogP contribution in [0.2, 0.25) is 0 Å². The van der Waals surface area contributed by atoms with Crippen LogP contribution in [0, 0.1) is 5.92 Å². The van der Waals surface area contributed by atoms with E-state index in [0.29, 0.717) is 0 Å². The lowest BCUT2D eigenvalue weighted by atomic mass is 10.0. The molecule has 1 rings (SSSR count). The number of ether oxygens (including phenoxy) is 1. The number of esters is 1. The summed E-state index contributed by atoms with van der Waals surface area (Å²) in [5, 5.41) is 1.13. The second kappa shape index (κ2) is 7.51. The third-order valence-electron chi connectivity index (χ3n) is 3.18. The lowest BCUT2D eigenvalue weighted by molar-refractivity contribution is -0.144. The number of hydrogen-bond acceptors (Lipinski definition) is 6. The van der Waals surface area contributed by atoms with Crippen molar-refractivity contribution in [2.24, 2.45) is 5.92 Å². The number of sulfone groups is 1. The van der Waals surface area contributed by atoms with Crippen molar-refractivity contribution in [3.8, 4) is 0 Å². The number of ketones is 1.